The first kappa shape index (κ1) is 22.6. The fourth-order valence-electron chi connectivity index (χ4n) is 3.85. The van der Waals surface area contributed by atoms with E-state index in [1.807, 2.05) is 30.3 Å². The van der Waals surface area contributed by atoms with Gasteiger partial charge in [-0.25, -0.2) is 18.6 Å². The van der Waals surface area contributed by atoms with E-state index in [4.69, 9.17) is 0 Å². The minimum absolute atomic E-state index is 0.0735. The van der Waals surface area contributed by atoms with Gasteiger partial charge in [-0.2, -0.15) is 0 Å². The Morgan fingerprint density at radius 1 is 1.00 bits per heavy atom. The SMILES string of the molecule is Cn1c(=O)n(CCCO)c(=O)c2c1nc(-c1ccc(C(C)(F)F)cc1)n2Cc1ccccc1. The lowest BCUT2D eigenvalue weighted by Crippen LogP contribution is -2.39. The molecule has 4 aromatic rings. The second-order valence-corrected chi connectivity index (χ2v) is 8.02. The molecular weight excluding hydrogens is 430 g/mol. The molecule has 2 aromatic carbocycles. The normalized spacial score (nSPS) is 11.9. The van der Waals surface area contributed by atoms with Crippen molar-refractivity contribution in [3.63, 3.8) is 0 Å². The van der Waals surface area contributed by atoms with Gasteiger partial charge >= 0.3 is 5.69 Å². The lowest BCUT2D eigenvalue weighted by molar-refractivity contribution is 0.0175. The van der Waals surface area contributed by atoms with Crippen LogP contribution >= 0.6 is 0 Å². The van der Waals surface area contributed by atoms with E-state index in [0.29, 0.717) is 17.9 Å². The summed E-state index contributed by atoms with van der Waals surface area (Å²) in [6, 6.07) is 15.2. The Kier molecular flexibility index (Phi) is 5.99. The summed E-state index contributed by atoms with van der Waals surface area (Å²) in [6.07, 6.45) is 0.257. The smallest absolute Gasteiger partial charge is 0.332 e. The topological polar surface area (TPSA) is 82.0 Å². The van der Waals surface area contributed by atoms with Gasteiger partial charge in [0.2, 0.25) is 0 Å². The van der Waals surface area contributed by atoms with Crippen LogP contribution in [0.5, 0.6) is 0 Å². The first-order valence-electron chi connectivity index (χ1n) is 10.6. The minimum atomic E-state index is -2.98. The number of alkyl halides is 2. The molecule has 0 unspecified atom stereocenters. The van der Waals surface area contributed by atoms with E-state index < -0.39 is 17.2 Å². The van der Waals surface area contributed by atoms with Crippen molar-refractivity contribution < 1.29 is 13.9 Å². The molecule has 4 rings (SSSR count). The Labute approximate surface area is 188 Å². The van der Waals surface area contributed by atoms with E-state index in [2.05, 4.69) is 4.98 Å². The number of imidazole rings is 1. The molecule has 0 amide bonds. The van der Waals surface area contributed by atoms with Crippen LogP contribution in [0.4, 0.5) is 8.78 Å². The van der Waals surface area contributed by atoms with Crippen LogP contribution in [-0.2, 0) is 26.1 Å². The molecule has 0 saturated carbocycles. The van der Waals surface area contributed by atoms with Crippen molar-refractivity contribution in [3.05, 3.63) is 86.6 Å². The fraction of sp³-hybridized carbons (Fsp3) is 0.292. The number of hydrogen-bond donors (Lipinski definition) is 1. The van der Waals surface area contributed by atoms with Crippen LogP contribution in [0.3, 0.4) is 0 Å². The summed E-state index contributed by atoms with van der Waals surface area (Å²) >= 11 is 0. The average molecular weight is 454 g/mol. The second-order valence-electron chi connectivity index (χ2n) is 8.02. The first-order chi connectivity index (χ1) is 15.7. The summed E-state index contributed by atoms with van der Waals surface area (Å²) in [5, 5.41) is 9.18. The number of aryl methyl sites for hydroxylation is 1. The van der Waals surface area contributed by atoms with Gasteiger partial charge < -0.3 is 9.67 Å². The maximum atomic E-state index is 13.7. The fourth-order valence-corrected chi connectivity index (χ4v) is 3.85. The van der Waals surface area contributed by atoms with Crippen LogP contribution in [0.2, 0.25) is 0 Å². The number of nitrogens with zero attached hydrogens (tertiary/aromatic N) is 4. The molecule has 9 heteroatoms. The van der Waals surface area contributed by atoms with Gasteiger partial charge in [-0.1, -0.05) is 54.6 Å². The van der Waals surface area contributed by atoms with Gasteiger partial charge in [-0.05, 0) is 12.0 Å². The third-order valence-electron chi connectivity index (χ3n) is 5.61. The molecule has 2 aromatic heterocycles. The average Bonchev–Trinajstić information content (AvgIpc) is 3.17. The number of aliphatic hydroxyl groups excluding tert-OH is 1. The molecular formula is C24H24F2N4O3. The van der Waals surface area contributed by atoms with Crippen LogP contribution < -0.4 is 11.2 Å². The molecule has 7 nitrogen and oxygen atoms in total. The largest absolute Gasteiger partial charge is 0.396 e. The number of benzene rings is 2. The highest BCUT2D eigenvalue weighted by molar-refractivity contribution is 5.77. The zero-order chi connectivity index (χ0) is 23.8. The molecule has 2 heterocycles. The summed E-state index contributed by atoms with van der Waals surface area (Å²) in [5.74, 6) is -2.58. The highest BCUT2D eigenvalue weighted by Crippen LogP contribution is 2.30. The summed E-state index contributed by atoms with van der Waals surface area (Å²) in [7, 11) is 1.53. The highest BCUT2D eigenvalue weighted by Gasteiger charge is 2.25. The Hall–Kier alpha value is -3.59. The van der Waals surface area contributed by atoms with Gasteiger partial charge in [0, 0.05) is 44.8 Å². The summed E-state index contributed by atoms with van der Waals surface area (Å²) in [4.78, 5) is 30.7. The van der Waals surface area contributed by atoms with E-state index in [1.165, 1.54) is 35.9 Å². The quantitative estimate of drug-likeness (QED) is 0.465. The molecule has 0 aliphatic heterocycles. The molecule has 0 aliphatic rings. The molecule has 0 saturated heterocycles. The number of rotatable bonds is 7. The Morgan fingerprint density at radius 2 is 1.67 bits per heavy atom. The number of hydrogen-bond acceptors (Lipinski definition) is 4. The highest BCUT2D eigenvalue weighted by atomic mass is 19.3. The Morgan fingerprint density at radius 3 is 2.27 bits per heavy atom. The summed E-state index contributed by atoms with van der Waals surface area (Å²) < 4.78 is 31.5. The van der Waals surface area contributed by atoms with Gasteiger partial charge in [-0.15, -0.1) is 0 Å². The van der Waals surface area contributed by atoms with Crippen molar-refractivity contribution in [2.75, 3.05) is 6.61 Å². The molecule has 33 heavy (non-hydrogen) atoms. The maximum absolute atomic E-state index is 13.7. The lowest BCUT2D eigenvalue weighted by atomic mass is 10.1. The van der Waals surface area contributed by atoms with E-state index in [9.17, 15) is 23.5 Å². The third-order valence-corrected chi connectivity index (χ3v) is 5.61. The van der Waals surface area contributed by atoms with Gasteiger partial charge in [-0.3, -0.25) is 13.9 Å². The van der Waals surface area contributed by atoms with E-state index in [-0.39, 0.29) is 36.3 Å². The summed E-state index contributed by atoms with van der Waals surface area (Å²) in [5.41, 5.74) is 0.732. The van der Waals surface area contributed by atoms with Crippen LogP contribution in [0.25, 0.3) is 22.6 Å². The van der Waals surface area contributed by atoms with Crippen molar-refractivity contribution in [2.24, 2.45) is 7.05 Å². The Bertz CT molecular complexity index is 1400. The Balaban J connectivity index is 1.98. The van der Waals surface area contributed by atoms with Crippen molar-refractivity contribution in [1.82, 2.24) is 18.7 Å². The van der Waals surface area contributed by atoms with E-state index in [0.717, 1.165) is 17.1 Å². The molecule has 0 spiro atoms. The second kappa shape index (κ2) is 8.74. The zero-order valence-corrected chi connectivity index (χ0v) is 18.3. The van der Waals surface area contributed by atoms with Crippen molar-refractivity contribution in [2.45, 2.75) is 32.4 Å². The van der Waals surface area contributed by atoms with E-state index in [1.54, 1.807) is 4.57 Å². The van der Waals surface area contributed by atoms with Gasteiger partial charge in [0.1, 0.15) is 5.82 Å². The molecule has 0 atom stereocenters. The van der Waals surface area contributed by atoms with Gasteiger partial charge in [0.15, 0.2) is 11.2 Å². The van der Waals surface area contributed by atoms with Crippen LogP contribution in [0.1, 0.15) is 24.5 Å². The van der Waals surface area contributed by atoms with Crippen molar-refractivity contribution in [3.8, 4) is 11.4 Å². The predicted molar refractivity (Wildman–Crippen MR) is 121 cm³/mol. The monoisotopic (exact) mass is 454 g/mol. The number of halogens is 2. The van der Waals surface area contributed by atoms with Gasteiger partial charge in [0.25, 0.3) is 11.5 Å². The molecule has 0 fully saturated rings. The number of aliphatic hydroxyl groups is 1. The van der Waals surface area contributed by atoms with Crippen LogP contribution in [0.15, 0.2) is 64.2 Å². The molecule has 1 N–H and O–H groups in total. The minimum Gasteiger partial charge on any atom is -0.396 e. The van der Waals surface area contributed by atoms with E-state index >= 15 is 0 Å². The molecule has 0 bridgehead atoms. The molecule has 172 valence electrons. The lowest BCUT2D eigenvalue weighted by Gasteiger charge is -2.13. The molecule has 0 radical (unpaired) electrons. The van der Waals surface area contributed by atoms with Crippen LogP contribution in [-0.4, -0.2) is 30.4 Å². The zero-order valence-electron chi connectivity index (χ0n) is 18.3. The number of aromatic nitrogens is 4. The van der Waals surface area contributed by atoms with Gasteiger partial charge in [0.05, 0.1) is 0 Å². The first-order valence-corrected chi connectivity index (χ1v) is 10.6. The maximum Gasteiger partial charge on any atom is 0.332 e. The predicted octanol–water partition coefficient (Wildman–Crippen LogP) is 3.11. The van der Waals surface area contributed by atoms with Crippen molar-refractivity contribution >= 4 is 11.2 Å². The van der Waals surface area contributed by atoms with Crippen LogP contribution in [0, 0.1) is 0 Å². The molecule has 0 aliphatic carbocycles. The summed E-state index contributed by atoms with van der Waals surface area (Å²) in [6.45, 7) is 1.05. The third kappa shape index (κ3) is 4.23. The van der Waals surface area contributed by atoms with Crippen molar-refractivity contribution in [1.29, 1.82) is 0 Å². The standard InChI is InChI=1S/C24H24F2N4O3/c1-24(25,26)18-11-9-17(10-12-18)20-27-21-19(30(20)15-16-7-4-3-5-8-16)22(32)29(13-6-14-31)23(33)28(21)2/h3-5,7-12,31H,6,13-15H2,1-2H3. The number of fused-ring (bicyclic) bond motifs is 1.